The predicted octanol–water partition coefficient (Wildman–Crippen LogP) is 1.21. The number of rotatable bonds is 2. The molecule has 4 nitrogen and oxygen atoms in total. The van der Waals surface area contributed by atoms with Crippen molar-refractivity contribution in [1.82, 2.24) is 9.80 Å². The van der Waals surface area contributed by atoms with E-state index in [0.29, 0.717) is 30.3 Å². The van der Waals surface area contributed by atoms with Crippen molar-refractivity contribution in [3.63, 3.8) is 0 Å². The number of carbonyl (C=O) groups excluding carboxylic acids is 1. The molecule has 2 fully saturated rings. The van der Waals surface area contributed by atoms with E-state index >= 15 is 0 Å². The molecule has 102 valence electrons. The minimum absolute atomic E-state index is 0.245. The van der Waals surface area contributed by atoms with Gasteiger partial charge >= 0.3 is 0 Å². The van der Waals surface area contributed by atoms with Crippen LogP contribution in [-0.2, 0) is 11.3 Å². The summed E-state index contributed by atoms with van der Waals surface area (Å²) in [6, 6.07) is 5.10. The molecule has 5 heteroatoms. The molecule has 2 N–H and O–H groups in total. The number of nitrogens with two attached hydrogens (primary N) is 1. The van der Waals surface area contributed by atoms with E-state index in [1.807, 2.05) is 4.90 Å². The van der Waals surface area contributed by atoms with Gasteiger partial charge in [-0.05, 0) is 18.6 Å². The van der Waals surface area contributed by atoms with Crippen molar-refractivity contribution in [2.45, 2.75) is 25.4 Å². The van der Waals surface area contributed by atoms with E-state index in [1.54, 1.807) is 12.1 Å². The summed E-state index contributed by atoms with van der Waals surface area (Å²) in [4.78, 5) is 15.8. The van der Waals surface area contributed by atoms with Gasteiger partial charge in [-0.3, -0.25) is 9.69 Å². The van der Waals surface area contributed by atoms with Crippen LogP contribution < -0.4 is 5.73 Å². The van der Waals surface area contributed by atoms with Gasteiger partial charge < -0.3 is 10.6 Å². The smallest absolute Gasteiger partial charge is 0.222 e. The first-order valence-corrected chi connectivity index (χ1v) is 6.70. The molecule has 0 bridgehead atoms. The van der Waals surface area contributed by atoms with Gasteiger partial charge in [-0.25, -0.2) is 4.39 Å². The number of benzene rings is 1. The van der Waals surface area contributed by atoms with Crippen molar-refractivity contribution in [3.8, 4) is 0 Å². The quantitative estimate of drug-likeness (QED) is 0.816. The number of nitrogens with zero attached hydrogens (tertiary/aromatic N) is 2. The van der Waals surface area contributed by atoms with Crippen LogP contribution in [0.25, 0.3) is 0 Å². The Hall–Kier alpha value is -1.62. The van der Waals surface area contributed by atoms with Crippen LogP contribution in [0.3, 0.4) is 0 Å². The molecular weight excluding hydrogens is 245 g/mol. The maximum Gasteiger partial charge on any atom is 0.222 e. The first-order valence-electron chi connectivity index (χ1n) is 6.70. The van der Waals surface area contributed by atoms with E-state index in [9.17, 15) is 9.18 Å². The Morgan fingerprint density at radius 2 is 2.21 bits per heavy atom. The zero-order valence-corrected chi connectivity index (χ0v) is 10.8. The van der Waals surface area contributed by atoms with Gasteiger partial charge in [0.05, 0.1) is 0 Å². The number of fused-ring (bicyclic) bond motifs is 1. The van der Waals surface area contributed by atoms with Gasteiger partial charge in [0.15, 0.2) is 0 Å². The molecule has 1 aromatic carbocycles. The minimum Gasteiger partial charge on any atom is -0.398 e. The maximum absolute atomic E-state index is 13.8. The van der Waals surface area contributed by atoms with Crippen LogP contribution >= 0.6 is 0 Å². The highest BCUT2D eigenvalue weighted by Gasteiger charge is 2.35. The first kappa shape index (κ1) is 12.4. The Balaban J connectivity index is 1.70. The zero-order chi connectivity index (χ0) is 13.4. The molecule has 2 saturated heterocycles. The summed E-state index contributed by atoms with van der Waals surface area (Å²) in [6.07, 6.45) is 1.57. The number of piperazine rings is 1. The lowest BCUT2D eigenvalue weighted by Gasteiger charge is -2.37. The van der Waals surface area contributed by atoms with Crippen LogP contribution in [0.5, 0.6) is 0 Å². The van der Waals surface area contributed by atoms with E-state index in [-0.39, 0.29) is 11.7 Å². The maximum atomic E-state index is 13.8. The lowest BCUT2D eigenvalue weighted by molar-refractivity contribution is -0.130. The number of carbonyl (C=O) groups is 1. The second-order valence-corrected chi connectivity index (χ2v) is 5.32. The van der Waals surface area contributed by atoms with E-state index < -0.39 is 0 Å². The highest BCUT2D eigenvalue weighted by atomic mass is 19.1. The van der Waals surface area contributed by atoms with Crippen LogP contribution in [0.1, 0.15) is 18.4 Å². The van der Waals surface area contributed by atoms with E-state index in [2.05, 4.69) is 4.90 Å². The molecular formula is C14H18FN3O. The molecule has 0 spiro atoms. The predicted molar refractivity (Wildman–Crippen MR) is 70.8 cm³/mol. The molecule has 1 unspecified atom stereocenters. The lowest BCUT2D eigenvalue weighted by Crippen LogP contribution is -2.51. The normalized spacial score (nSPS) is 23.7. The van der Waals surface area contributed by atoms with Gasteiger partial charge in [-0.15, -0.1) is 0 Å². The molecule has 2 heterocycles. The van der Waals surface area contributed by atoms with Crippen molar-refractivity contribution in [3.05, 3.63) is 29.6 Å². The van der Waals surface area contributed by atoms with Gasteiger partial charge in [0.1, 0.15) is 5.82 Å². The average Bonchev–Trinajstić information content (AvgIpc) is 2.76. The number of hydrogen-bond acceptors (Lipinski definition) is 3. The number of halogens is 1. The third-order valence-electron chi connectivity index (χ3n) is 4.12. The van der Waals surface area contributed by atoms with Crippen LogP contribution in [0, 0.1) is 5.82 Å². The molecule has 19 heavy (non-hydrogen) atoms. The second-order valence-electron chi connectivity index (χ2n) is 5.32. The van der Waals surface area contributed by atoms with Crippen LogP contribution in [-0.4, -0.2) is 41.4 Å². The second kappa shape index (κ2) is 4.81. The number of amides is 1. The van der Waals surface area contributed by atoms with Crippen molar-refractivity contribution in [1.29, 1.82) is 0 Å². The van der Waals surface area contributed by atoms with Gasteiger partial charge in [0, 0.05) is 49.9 Å². The van der Waals surface area contributed by atoms with Crippen molar-refractivity contribution < 1.29 is 9.18 Å². The fraction of sp³-hybridized carbons (Fsp3) is 0.500. The Labute approximate surface area is 112 Å². The number of nitrogen functional groups attached to an aromatic ring is 1. The standard InChI is InChI=1S/C14H18FN3O/c15-12-2-1-3-13(16)11(12)9-17-6-7-18-10(8-17)4-5-14(18)19/h1-3,10H,4-9,16H2. The van der Waals surface area contributed by atoms with Gasteiger partial charge in [-0.2, -0.15) is 0 Å². The molecule has 0 saturated carbocycles. The highest BCUT2D eigenvalue weighted by molar-refractivity contribution is 5.78. The highest BCUT2D eigenvalue weighted by Crippen LogP contribution is 2.25. The molecule has 0 radical (unpaired) electrons. The largest absolute Gasteiger partial charge is 0.398 e. The summed E-state index contributed by atoms with van der Waals surface area (Å²) in [7, 11) is 0. The molecule has 1 amide bonds. The van der Waals surface area contributed by atoms with Crippen LogP contribution in [0.4, 0.5) is 10.1 Å². The number of hydrogen-bond donors (Lipinski definition) is 1. The van der Waals surface area contributed by atoms with Crippen molar-refractivity contribution in [2.24, 2.45) is 0 Å². The Bertz CT molecular complexity index is 485. The lowest BCUT2D eigenvalue weighted by atomic mass is 10.1. The molecule has 2 aliphatic heterocycles. The average molecular weight is 263 g/mol. The summed E-state index contributed by atoms with van der Waals surface area (Å²) in [6.45, 7) is 2.88. The summed E-state index contributed by atoms with van der Waals surface area (Å²) < 4.78 is 13.8. The number of anilines is 1. The van der Waals surface area contributed by atoms with E-state index in [0.717, 1.165) is 26.1 Å². The van der Waals surface area contributed by atoms with E-state index in [4.69, 9.17) is 5.73 Å². The molecule has 3 rings (SSSR count). The van der Waals surface area contributed by atoms with Crippen LogP contribution in [0.15, 0.2) is 18.2 Å². The zero-order valence-electron chi connectivity index (χ0n) is 10.8. The van der Waals surface area contributed by atoms with E-state index in [1.165, 1.54) is 6.07 Å². The topological polar surface area (TPSA) is 49.6 Å². The van der Waals surface area contributed by atoms with Crippen molar-refractivity contribution in [2.75, 3.05) is 25.4 Å². The molecule has 0 aliphatic carbocycles. The molecule has 1 atom stereocenters. The van der Waals surface area contributed by atoms with Gasteiger partial charge in [0.25, 0.3) is 0 Å². The fourth-order valence-corrected chi connectivity index (χ4v) is 3.04. The van der Waals surface area contributed by atoms with Gasteiger partial charge in [0.2, 0.25) is 5.91 Å². The SMILES string of the molecule is Nc1cccc(F)c1CN1CCN2C(=O)CCC2C1. The summed E-state index contributed by atoms with van der Waals surface area (Å²) in [5, 5.41) is 0. The van der Waals surface area contributed by atoms with Gasteiger partial charge in [-0.1, -0.05) is 6.07 Å². The monoisotopic (exact) mass is 263 g/mol. The molecule has 1 aromatic rings. The minimum atomic E-state index is -0.245. The Morgan fingerprint density at radius 3 is 3.00 bits per heavy atom. The Kier molecular flexibility index (Phi) is 3.14. The summed E-state index contributed by atoms with van der Waals surface area (Å²) in [5.74, 6) is 0.0139. The summed E-state index contributed by atoms with van der Waals surface area (Å²) in [5.41, 5.74) is 6.91. The summed E-state index contributed by atoms with van der Waals surface area (Å²) >= 11 is 0. The molecule has 0 aromatic heterocycles. The fourth-order valence-electron chi connectivity index (χ4n) is 3.04. The third kappa shape index (κ3) is 2.30. The molecule has 2 aliphatic rings. The van der Waals surface area contributed by atoms with Crippen molar-refractivity contribution >= 4 is 11.6 Å². The van der Waals surface area contributed by atoms with Crippen LogP contribution in [0.2, 0.25) is 0 Å². The Morgan fingerprint density at radius 1 is 1.37 bits per heavy atom. The third-order valence-corrected chi connectivity index (χ3v) is 4.12. The first-order chi connectivity index (χ1) is 9.15.